The molecule has 1 aromatic carbocycles. The molecule has 7 nitrogen and oxygen atoms in total. The summed E-state index contributed by atoms with van der Waals surface area (Å²) in [4.78, 5) is 18.2. The van der Waals surface area contributed by atoms with Crippen LogP contribution in [0, 0.1) is 0 Å². The Bertz CT molecular complexity index is 586. The van der Waals surface area contributed by atoms with Crippen LogP contribution in [0.2, 0.25) is 0 Å². The Balaban J connectivity index is 1.93. The number of carboxylic acid groups (broad SMARTS) is 1. The van der Waals surface area contributed by atoms with Crippen molar-refractivity contribution in [2.24, 2.45) is 0 Å². The molecular weight excluding hydrogens is 258 g/mol. The summed E-state index contributed by atoms with van der Waals surface area (Å²) in [6.45, 7) is 0.393. The van der Waals surface area contributed by atoms with E-state index in [2.05, 4.69) is 20.6 Å². The second-order valence-electron chi connectivity index (χ2n) is 4.10. The number of hydrogen-bond acceptors (Lipinski definition) is 5. The van der Waals surface area contributed by atoms with E-state index in [0.29, 0.717) is 18.8 Å². The van der Waals surface area contributed by atoms with E-state index in [9.17, 15) is 4.79 Å². The highest BCUT2D eigenvalue weighted by molar-refractivity contribution is 5.64. The van der Waals surface area contributed by atoms with Gasteiger partial charge in [-0.25, -0.2) is 9.78 Å². The lowest BCUT2D eigenvalue weighted by Crippen LogP contribution is -2.23. The molecule has 0 saturated carbocycles. The lowest BCUT2D eigenvalue weighted by atomic mass is 10.1. The maximum absolute atomic E-state index is 10.3. The summed E-state index contributed by atoms with van der Waals surface area (Å²) in [7, 11) is 0. The van der Waals surface area contributed by atoms with E-state index >= 15 is 0 Å². The van der Waals surface area contributed by atoms with Gasteiger partial charge in [-0.2, -0.15) is 4.98 Å². The van der Waals surface area contributed by atoms with Crippen molar-refractivity contribution in [1.82, 2.24) is 15.3 Å². The predicted octanol–water partition coefficient (Wildman–Crippen LogP) is 1.61. The molecule has 1 heterocycles. The number of nitrogen functional groups attached to an aromatic ring is 1. The third-order valence-electron chi connectivity index (χ3n) is 2.59. The Hall–Kier alpha value is -2.83. The Morgan fingerprint density at radius 2 is 2.00 bits per heavy atom. The number of nitrogens with zero attached hydrogens (tertiary/aromatic N) is 2. The third-order valence-corrected chi connectivity index (χ3v) is 2.59. The lowest BCUT2D eigenvalue weighted by molar-refractivity contribution is 0.194. The van der Waals surface area contributed by atoms with E-state index in [-0.39, 0.29) is 5.95 Å². The first kappa shape index (κ1) is 13.6. The summed E-state index contributed by atoms with van der Waals surface area (Å²) in [6, 6.07) is 9.37. The van der Waals surface area contributed by atoms with Crippen molar-refractivity contribution in [2.45, 2.75) is 6.42 Å². The fourth-order valence-electron chi connectivity index (χ4n) is 1.66. The molecule has 0 aliphatic heterocycles. The van der Waals surface area contributed by atoms with Crippen LogP contribution in [0.15, 0.2) is 36.5 Å². The Morgan fingerprint density at radius 1 is 1.25 bits per heavy atom. The van der Waals surface area contributed by atoms with Crippen LogP contribution < -0.4 is 16.4 Å². The molecular formula is C13H15N5O2. The van der Waals surface area contributed by atoms with Gasteiger partial charge in [-0.05, 0) is 30.2 Å². The van der Waals surface area contributed by atoms with Gasteiger partial charge in [0.1, 0.15) is 5.82 Å². The van der Waals surface area contributed by atoms with Crippen LogP contribution in [0.1, 0.15) is 5.56 Å². The van der Waals surface area contributed by atoms with Gasteiger partial charge in [-0.1, -0.05) is 12.1 Å². The minimum Gasteiger partial charge on any atom is -0.465 e. The van der Waals surface area contributed by atoms with E-state index in [1.165, 1.54) is 0 Å². The van der Waals surface area contributed by atoms with Crippen molar-refractivity contribution in [3.8, 4) is 0 Å². The highest BCUT2D eigenvalue weighted by Crippen LogP contribution is 2.15. The number of anilines is 3. The number of nitrogens with one attached hydrogen (secondary N) is 2. The van der Waals surface area contributed by atoms with Crippen LogP contribution in [0.4, 0.5) is 22.2 Å². The van der Waals surface area contributed by atoms with Gasteiger partial charge in [0.05, 0.1) is 0 Å². The summed E-state index contributed by atoms with van der Waals surface area (Å²) in [5, 5.41) is 13.9. The smallest absolute Gasteiger partial charge is 0.404 e. The van der Waals surface area contributed by atoms with E-state index in [1.807, 2.05) is 24.3 Å². The van der Waals surface area contributed by atoms with E-state index in [1.54, 1.807) is 12.3 Å². The van der Waals surface area contributed by atoms with Gasteiger partial charge in [-0.3, -0.25) is 0 Å². The summed E-state index contributed by atoms with van der Waals surface area (Å²) < 4.78 is 0. The molecule has 104 valence electrons. The number of rotatable bonds is 5. The molecule has 20 heavy (non-hydrogen) atoms. The molecule has 0 saturated heterocycles. The number of hydrogen-bond donors (Lipinski definition) is 4. The zero-order chi connectivity index (χ0) is 14.4. The summed E-state index contributed by atoms with van der Waals surface area (Å²) >= 11 is 0. The minimum atomic E-state index is -1.01. The molecule has 0 atom stereocenters. The molecule has 0 spiro atoms. The van der Waals surface area contributed by atoms with E-state index in [4.69, 9.17) is 10.8 Å². The monoisotopic (exact) mass is 273 g/mol. The van der Waals surface area contributed by atoms with Gasteiger partial charge in [0.25, 0.3) is 0 Å². The second-order valence-corrected chi connectivity index (χ2v) is 4.10. The molecule has 2 rings (SSSR count). The Morgan fingerprint density at radius 3 is 2.65 bits per heavy atom. The molecule has 7 heteroatoms. The van der Waals surface area contributed by atoms with Gasteiger partial charge in [-0.15, -0.1) is 0 Å². The average molecular weight is 273 g/mol. The van der Waals surface area contributed by atoms with Crippen molar-refractivity contribution in [3.05, 3.63) is 42.1 Å². The summed E-state index contributed by atoms with van der Waals surface area (Å²) in [5.74, 6) is 0.837. The van der Waals surface area contributed by atoms with Gasteiger partial charge in [0, 0.05) is 18.4 Å². The molecule has 1 amide bonds. The molecule has 0 aliphatic carbocycles. The van der Waals surface area contributed by atoms with Crippen LogP contribution in [0.3, 0.4) is 0 Å². The number of amides is 1. The van der Waals surface area contributed by atoms with Crippen LogP contribution in [-0.4, -0.2) is 27.7 Å². The van der Waals surface area contributed by atoms with Gasteiger partial charge >= 0.3 is 6.09 Å². The maximum Gasteiger partial charge on any atom is 0.404 e. The number of nitrogens with two attached hydrogens (primary N) is 1. The van der Waals surface area contributed by atoms with Crippen molar-refractivity contribution < 1.29 is 9.90 Å². The van der Waals surface area contributed by atoms with Crippen LogP contribution >= 0.6 is 0 Å². The first-order chi connectivity index (χ1) is 9.63. The average Bonchev–Trinajstić information content (AvgIpc) is 2.40. The number of carbonyl (C=O) groups is 1. The molecule has 1 aromatic heterocycles. The van der Waals surface area contributed by atoms with Gasteiger partial charge in [0.2, 0.25) is 5.95 Å². The van der Waals surface area contributed by atoms with Gasteiger partial charge in [0.15, 0.2) is 0 Å². The SMILES string of the molecule is Nc1nccc(Nc2ccc(CCNC(=O)O)cc2)n1. The quantitative estimate of drug-likeness (QED) is 0.658. The fraction of sp³-hybridized carbons (Fsp3) is 0.154. The van der Waals surface area contributed by atoms with Crippen LogP contribution in [0.25, 0.3) is 0 Å². The highest BCUT2D eigenvalue weighted by atomic mass is 16.4. The number of benzene rings is 1. The normalized spacial score (nSPS) is 10.0. The molecule has 0 unspecified atom stereocenters. The molecule has 0 fully saturated rings. The van der Waals surface area contributed by atoms with Crippen molar-refractivity contribution in [2.75, 3.05) is 17.6 Å². The van der Waals surface area contributed by atoms with Crippen molar-refractivity contribution in [1.29, 1.82) is 0 Å². The molecule has 0 radical (unpaired) electrons. The fourth-order valence-corrected chi connectivity index (χ4v) is 1.66. The van der Waals surface area contributed by atoms with Crippen LogP contribution in [0.5, 0.6) is 0 Å². The Labute approximate surface area is 115 Å². The first-order valence-electron chi connectivity index (χ1n) is 6.05. The maximum atomic E-state index is 10.3. The Kier molecular flexibility index (Phi) is 4.33. The van der Waals surface area contributed by atoms with Gasteiger partial charge < -0.3 is 21.5 Å². The highest BCUT2D eigenvalue weighted by Gasteiger charge is 1.99. The van der Waals surface area contributed by atoms with Crippen molar-refractivity contribution >= 4 is 23.5 Å². The third kappa shape index (κ3) is 4.13. The first-order valence-corrected chi connectivity index (χ1v) is 6.05. The largest absolute Gasteiger partial charge is 0.465 e. The molecule has 5 N–H and O–H groups in total. The molecule has 0 bridgehead atoms. The summed E-state index contributed by atoms with van der Waals surface area (Å²) in [5.41, 5.74) is 7.42. The topological polar surface area (TPSA) is 113 Å². The van der Waals surface area contributed by atoms with E-state index < -0.39 is 6.09 Å². The zero-order valence-electron chi connectivity index (χ0n) is 10.7. The van der Waals surface area contributed by atoms with Crippen LogP contribution in [-0.2, 0) is 6.42 Å². The number of aromatic nitrogens is 2. The second kappa shape index (κ2) is 6.37. The minimum absolute atomic E-state index is 0.214. The lowest BCUT2D eigenvalue weighted by Gasteiger charge is -2.07. The predicted molar refractivity (Wildman–Crippen MR) is 75.9 cm³/mol. The molecule has 0 aliphatic rings. The van der Waals surface area contributed by atoms with E-state index in [0.717, 1.165) is 11.3 Å². The van der Waals surface area contributed by atoms with Crippen molar-refractivity contribution in [3.63, 3.8) is 0 Å². The zero-order valence-corrected chi connectivity index (χ0v) is 10.7. The standard InChI is InChI=1S/C13H15N5O2/c14-12-15-8-6-11(18-12)17-10-3-1-9(2-4-10)5-7-16-13(19)20/h1-4,6,8,16H,5,7H2,(H,19,20)(H3,14,15,17,18). The summed E-state index contributed by atoms with van der Waals surface area (Å²) in [6.07, 6.45) is 1.22. The molecule has 2 aromatic rings.